The largest absolute Gasteiger partial charge is 0.339 e. The summed E-state index contributed by atoms with van der Waals surface area (Å²) >= 11 is 0. The fraction of sp³-hybridized carbons (Fsp3) is 0.667. The molecule has 4 rings (SSSR count). The Morgan fingerprint density at radius 3 is 2.67 bits per heavy atom. The molecule has 0 radical (unpaired) electrons. The zero-order valence-electron chi connectivity index (χ0n) is 18.3. The molecule has 1 saturated carbocycles. The quantitative estimate of drug-likeness (QED) is 0.657. The second-order valence-corrected chi connectivity index (χ2v) is 9.08. The maximum Gasteiger partial charge on any atom is 0.227 e. The molecule has 164 valence electrons. The standard InChI is InChI=1S/C24H35FN4O/c1-19-10-11-21(17-22(19)25)24-26-23(30-27-24)9-5-12-28-13-6-14-29(16-15-28)18-20-7-3-2-4-8-20/h10-11,17,20H,2-9,12-16,18H2,1H3. The zero-order valence-corrected chi connectivity index (χ0v) is 18.3. The van der Waals surface area contributed by atoms with E-state index in [0.717, 1.165) is 31.8 Å². The Labute approximate surface area is 179 Å². The average Bonchev–Trinajstić information content (AvgIpc) is 3.12. The first kappa shape index (κ1) is 21.4. The van der Waals surface area contributed by atoms with Crippen molar-refractivity contribution in [2.24, 2.45) is 5.92 Å². The summed E-state index contributed by atoms with van der Waals surface area (Å²) in [6.07, 6.45) is 10.2. The summed E-state index contributed by atoms with van der Waals surface area (Å²) in [6, 6.07) is 5.06. The van der Waals surface area contributed by atoms with Crippen molar-refractivity contribution >= 4 is 0 Å². The van der Waals surface area contributed by atoms with Crippen LogP contribution in [0.5, 0.6) is 0 Å². The maximum absolute atomic E-state index is 13.8. The van der Waals surface area contributed by atoms with Gasteiger partial charge in [0.25, 0.3) is 0 Å². The molecule has 0 spiro atoms. The van der Waals surface area contributed by atoms with Crippen LogP contribution in [0.3, 0.4) is 0 Å². The molecule has 0 unspecified atom stereocenters. The molecule has 1 aliphatic carbocycles. The minimum absolute atomic E-state index is 0.238. The summed E-state index contributed by atoms with van der Waals surface area (Å²) in [5, 5.41) is 4.03. The molecule has 30 heavy (non-hydrogen) atoms. The van der Waals surface area contributed by atoms with Gasteiger partial charge in [-0.1, -0.05) is 36.6 Å². The van der Waals surface area contributed by atoms with Crippen LogP contribution in [0.25, 0.3) is 11.4 Å². The average molecular weight is 415 g/mol. The smallest absolute Gasteiger partial charge is 0.227 e. The van der Waals surface area contributed by atoms with Gasteiger partial charge in [-0.3, -0.25) is 0 Å². The first-order valence-electron chi connectivity index (χ1n) is 11.7. The number of hydrogen-bond donors (Lipinski definition) is 0. The Bertz CT molecular complexity index is 802. The van der Waals surface area contributed by atoms with Crippen molar-refractivity contribution in [2.75, 3.05) is 39.3 Å². The summed E-state index contributed by atoms with van der Waals surface area (Å²) in [5.74, 6) is 1.80. The second-order valence-electron chi connectivity index (χ2n) is 9.08. The Kier molecular flexibility index (Phi) is 7.50. The molecule has 1 aliphatic heterocycles. The third kappa shape index (κ3) is 5.88. The van der Waals surface area contributed by atoms with E-state index in [0.29, 0.717) is 22.8 Å². The number of rotatable bonds is 7. The third-order valence-electron chi connectivity index (χ3n) is 6.69. The molecule has 0 amide bonds. The van der Waals surface area contributed by atoms with E-state index in [4.69, 9.17) is 4.52 Å². The second kappa shape index (κ2) is 10.5. The molecule has 6 heteroatoms. The number of hydrogen-bond acceptors (Lipinski definition) is 5. The lowest BCUT2D eigenvalue weighted by atomic mass is 9.89. The van der Waals surface area contributed by atoms with Gasteiger partial charge in [-0.05, 0) is 69.8 Å². The lowest BCUT2D eigenvalue weighted by Crippen LogP contribution is -2.34. The predicted octanol–water partition coefficient (Wildman–Crippen LogP) is 4.70. The summed E-state index contributed by atoms with van der Waals surface area (Å²) in [4.78, 5) is 9.73. The fourth-order valence-electron chi connectivity index (χ4n) is 4.82. The van der Waals surface area contributed by atoms with Gasteiger partial charge < -0.3 is 14.3 Å². The SMILES string of the molecule is Cc1ccc(-c2noc(CCCN3CCCN(CC4CCCCC4)CC3)n2)cc1F. The summed E-state index contributed by atoms with van der Waals surface area (Å²) in [6.45, 7) is 8.89. The van der Waals surface area contributed by atoms with Crippen LogP contribution >= 0.6 is 0 Å². The molecule has 2 aliphatic rings. The molecule has 2 heterocycles. The monoisotopic (exact) mass is 414 g/mol. The first-order chi connectivity index (χ1) is 14.7. The van der Waals surface area contributed by atoms with Crippen LogP contribution in [-0.4, -0.2) is 59.2 Å². The molecule has 0 N–H and O–H groups in total. The van der Waals surface area contributed by atoms with Crippen molar-refractivity contribution < 1.29 is 8.91 Å². The third-order valence-corrected chi connectivity index (χ3v) is 6.69. The molecule has 2 aromatic rings. The number of benzene rings is 1. The molecular formula is C24H35FN4O. The fourth-order valence-corrected chi connectivity index (χ4v) is 4.82. The number of aromatic nitrogens is 2. The Balaban J connectivity index is 1.20. The lowest BCUT2D eigenvalue weighted by molar-refractivity contribution is 0.201. The molecule has 2 fully saturated rings. The van der Waals surface area contributed by atoms with Crippen LogP contribution < -0.4 is 0 Å². The highest BCUT2D eigenvalue weighted by molar-refractivity contribution is 5.54. The Hall–Kier alpha value is -1.79. The van der Waals surface area contributed by atoms with Crippen molar-refractivity contribution in [3.05, 3.63) is 35.5 Å². The van der Waals surface area contributed by atoms with Gasteiger partial charge in [-0.2, -0.15) is 4.98 Å². The van der Waals surface area contributed by atoms with Gasteiger partial charge in [0.05, 0.1) is 0 Å². The van der Waals surface area contributed by atoms with E-state index in [-0.39, 0.29) is 5.82 Å². The Morgan fingerprint density at radius 1 is 1.03 bits per heavy atom. The van der Waals surface area contributed by atoms with Crippen molar-refractivity contribution in [1.29, 1.82) is 0 Å². The molecule has 0 atom stereocenters. The topological polar surface area (TPSA) is 45.4 Å². The summed E-state index contributed by atoms with van der Waals surface area (Å²) in [5.41, 5.74) is 1.29. The maximum atomic E-state index is 13.8. The summed E-state index contributed by atoms with van der Waals surface area (Å²) in [7, 11) is 0. The van der Waals surface area contributed by atoms with E-state index in [1.165, 1.54) is 70.8 Å². The Morgan fingerprint density at radius 2 is 1.83 bits per heavy atom. The van der Waals surface area contributed by atoms with E-state index >= 15 is 0 Å². The minimum Gasteiger partial charge on any atom is -0.339 e. The van der Waals surface area contributed by atoms with Crippen molar-refractivity contribution in [1.82, 2.24) is 19.9 Å². The molecular weight excluding hydrogens is 379 g/mol. The zero-order chi connectivity index (χ0) is 20.8. The van der Waals surface area contributed by atoms with E-state index in [9.17, 15) is 4.39 Å². The number of aryl methyl sites for hydroxylation is 2. The van der Waals surface area contributed by atoms with Crippen LogP contribution in [0.1, 0.15) is 56.4 Å². The van der Waals surface area contributed by atoms with Gasteiger partial charge in [-0.15, -0.1) is 0 Å². The lowest BCUT2D eigenvalue weighted by Gasteiger charge is -2.28. The van der Waals surface area contributed by atoms with Crippen molar-refractivity contribution in [2.45, 2.75) is 58.3 Å². The van der Waals surface area contributed by atoms with Crippen molar-refractivity contribution in [3.63, 3.8) is 0 Å². The molecule has 1 aromatic carbocycles. The molecule has 0 bridgehead atoms. The molecule has 1 aromatic heterocycles. The van der Waals surface area contributed by atoms with Crippen LogP contribution in [-0.2, 0) is 6.42 Å². The minimum atomic E-state index is -0.238. The summed E-state index contributed by atoms with van der Waals surface area (Å²) < 4.78 is 19.2. The molecule has 1 saturated heterocycles. The van der Waals surface area contributed by atoms with Gasteiger partial charge >= 0.3 is 0 Å². The first-order valence-corrected chi connectivity index (χ1v) is 11.7. The van der Waals surface area contributed by atoms with Crippen LogP contribution in [0, 0.1) is 18.7 Å². The van der Waals surface area contributed by atoms with Gasteiger partial charge in [-0.25, -0.2) is 4.39 Å². The van der Waals surface area contributed by atoms with Gasteiger partial charge in [0, 0.05) is 31.6 Å². The van der Waals surface area contributed by atoms with Gasteiger partial charge in [0.1, 0.15) is 5.82 Å². The predicted molar refractivity (Wildman–Crippen MR) is 117 cm³/mol. The van der Waals surface area contributed by atoms with Crippen LogP contribution in [0.2, 0.25) is 0 Å². The van der Waals surface area contributed by atoms with E-state index in [2.05, 4.69) is 19.9 Å². The van der Waals surface area contributed by atoms with Crippen LogP contribution in [0.4, 0.5) is 4.39 Å². The van der Waals surface area contributed by atoms with Gasteiger partial charge in [0.2, 0.25) is 11.7 Å². The highest BCUT2D eigenvalue weighted by atomic mass is 19.1. The van der Waals surface area contributed by atoms with Gasteiger partial charge in [0.15, 0.2) is 0 Å². The highest BCUT2D eigenvalue weighted by Gasteiger charge is 2.20. The van der Waals surface area contributed by atoms with Crippen LogP contribution in [0.15, 0.2) is 22.7 Å². The van der Waals surface area contributed by atoms with Crippen molar-refractivity contribution in [3.8, 4) is 11.4 Å². The molecule has 5 nitrogen and oxygen atoms in total. The normalized spacial score (nSPS) is 19.8. The van der Waals surface area contributed by atoms with E-state index in [1.54, 1.807) is 13.0 Å². The number of halogens is 1. The highest BCUT2D eigenvalue weighted by Crippen LogP contribution is 2.25. The van der Waals surface area contributed by atoms with E-state index < -0.39 is 0 Å². The van der Waals surface area contributed by atoms with E-state index in [1.807, 2.05) is 6.07 Å². The number of nitrogens with zero attached hydrogens (tertiary/aromatic N) is 4.